The zero-order chi connectivity index (χ0) is 15.0. The van der Waals surface area contributed by atoms with Crippen molar-refractivity contribution in [1.29, 1.82) is 0 Å². The summed E-state index contributed by atoms with van der Waals surface area (Å²) in [7, 11) is 1.57. The Kier molecular flexibility index (Phi) is 7.46. The van der Waals surface area contributed by atoms with Crippen molar-refractivity contribution in [3.05, 3.63) is 22.7 Å². The molecule has 0 fully saturated rings. The predicted molar refractivity (Wildman–Crippen MR) is 83.3 cm³/mol. The summed E-state index contributed by atoms with van der Waals surface area (Å²) in [6.45, 7) is 2.10. The highest BCUT2D eigenvalue weighted by Crippen LogP contribution is 2.27. The minimum Gasteiger partial charge on any atom is -0.496 e. The average molecular weight is 362 g/mol. The second-order valence-corrected chi connectivity index (χ2v) is 5.54. The Morgan fingerprint density at radius 2 is 2.10 bits per heavy atom. The van der Waals surface area contributed by atoms with Gasteiger partial charge in [-0.25, -0.2) is 0 Å². The number of methoxy groups -OCH3 is 1. The van der Waals surface area contributed by atoms with E-state index in [1.165, 1.54) is 11.8 Å². The summed E-state index contributed by atoms with van der Waals surface area (Å²) >= 11 is 4.56. The molecule has 1 aromatic carbocycles. The molecule has 0 aliphatic heterocycles. The van der Waals surface area contributed by atoms with Gasteiger partial charge in [0.05, 0.1) is 29.7 Å². The molecule has 0 unspecified atom stereocenters. The maximum Gasteiger partial charge on any atom is 0.315 e. The number of rotatable bonds is 7. The molecule has 5 nitrogen and oxygen atoms in total. The standard InChI is InChI=1S/C13H16BrNO4S/c1-3-19-13(17)8-20-7-12(16)15-9-4-5-11(18-2)10(14)6-9/h4-6H,3,7-8H2,1-2H3,(H,15,16). The first-order valence-electron chi connectivity index (χ1n) is 5.93. The Bertz CT molecular complexity index is 481. The normalized spacial score (nSPS) is 9.95. The van der Waals surface area contributed by atoms with E-state index in [2.05, 4.69) is 21.2 Å². The molecule has 0 aliphatic rings. The molecule has 0 saturated heterocycles. The van der Waals surface area contributed by atoms with E-state index >= 15 is 0 Å². The van der Waals surface area contributed by atoms with Crippen molar-refractivity contribution in [3.63, 3.8) is 0 Å². The van der Waals surface area contributed by atoms with Gasteiger partial charge in [-0.15, -0.1) is 11.8 Å². The lowest BCUT2D eigenvalue weighted by Gasteiger charge is -2.08. The molecule has 0 aliphatic carbocycles. The highest BCUT2D eigenvalue weighted by molar-refractivity contribution is 9.10. The Hall–Kier alpha value is -1.21. The lowest BCUT2D eigenvalue weighted by Crippen LogP contribution is -2.16. The topological polar surface area (TPSA) is 64.6 Å². The lowest BCUT2D eigenvalue weighted by atomic mass is 10.3. The first-order chi connectivity index (χ1) is 9.56. The van der Waals surface area contributed by atoms with Crippen LogP contribution in [0.1, 0.15) is 6.92 Å². The van der Waals surface area contributed by atoms with Gasteiger partial charge in [-0.05, 0) is 41.1 Å². The van der Waals surface area contributed by atoms with Gasteiger partial charge in [0.15, 0.2) is 0 Å². The maximum absolute atomic E-state index is 11.7. The second kappa shape index (κ2) is 8.86. The molecule has 0 atom stereocenters. The zero-order valence-electron chi connectivity index (χ0n) is 11.3. The van der Waals surface area contributed by atoms with Crippen LogP contribution in [-0.4, -0.2) is 37.1 Å². The van der Waals surface area contributed by atoms with Crippen molar-refractivity contribution in [2.75, 3.05) is 30.5 Å². The minimum absolute atomic E-state index is 0.170. The Morgan fingerprint density at radius 3 is 2.70 bits per heavy atom. The molecule has 0 bridgehead atoms. The second-order valence-electron chi connectivity index (χ2n) is 3.70. The minimum atomic E-state index is -0.308. The highest BCUT2D eigenvalue weighted by Gasteiger charge is 2.08. The molecular formula is C13H16BrNO4S. The van der Waals surface area contributed by atoms with Crippen LogP contribution in [0, 0.1) is 0 Å². The monoisotopic (exact) mass is 361 g/mol. The van der Waals surface area contributed by atoms with E-state index in [1.54, 1.807) is 32.2 Å². The number of hydrogen-bond acceptors (Lipinski definition) is 5. The van der Waals surface area contributed by atoms with Gasteiger partial charge < -0.3 is 14.8 Å². The van der Waals surface area contributed by atoms with Gasteiger partial charge in [0, 0.05) is 5.69 Å². The van der Waals surface area contributed by atoms with Crippen LogP contribution in [0.3, 0.4) is 0 Å². The molecule has 1 amide bonds. The Morgan fingerprint density at radius 1 is 1.35 bits per heavy atom. The van der Waals surface area contributed by atoms with Crippen molar-refractivity contribution in [2.45, 2.75) is 6.92 Å². The maximum atomic E-state index is 11.7. The third-order valence-corrected chi connectivity index (χ3v) is 3.72. The Balaban J connectivity index is 2.39. The van der Waals surface area contributed by atoms with Gasteiger partial charge in [-0.1, -0.05) is 0 Å². The number of ether oxygens (including phenoxy) is 2. The smallest absolute Gasteiger partial charge is 0.315 e. The van der Waals surface area contributed by atoms with E-state index in [9.17, 15) is 9.59 Å². The van der Waals surface area contributed by atoms with Gasteiger partial charge in [-0.3, -0.25) is 9.59 Å². The largest absolute Gasteiger partial charge is 0.496 e. The van der Waals surface area contributed by atoms with Crippen LogP contribution in [0.25, 0.3) is 0 Å². The molecule has 110 valence electrons. The van der Waals surface area contributed by atoms with Crippen LogP contribution < -0.4 is 10.1 Å². The van der Waals surface area contributed by atoms with Gasteiger partial charge in [0.1, 0.15) is 5.75 Å². The summed E-state index contributed by atoms with van der Waals surface area (Å²) in [5, 5.41) is 2.74. The first-order valence-corrected chi connectivity index (χ1v) is 7.88. The fourth-order valence-electron chi connectivity index (χ4n) is 1.37. The van der Waals surface area contributed by atoms with E-state index in [4.69, 9.17) is 9.47 Å². The van der Waals surface area contributed by atoms with Gasteiger partial charge in [-0.2, -0.15) is 0 Å². The molecule has 1 N–H and O–H groups in total. The van der Waals surface area contributed by atoms with Crippen LogP contribution >= 0.6 is 27.7 Å². The van der Waals surface area contributed by atoms with Crippen molar-refractivity contribution in [1.82, 2.24) is 0 Å². The van der Waals surface area contributed by atoms with Crippen LogP contribution in [0.15, 0.2) is 22.7 Å². The molecule has 0 aromatic heterocycles. The molecule has 7 heteroatoms. The van der Waals surface area contributed by atoms with Gasteiger partial charge in [0.2, 0.25) is 5.91 Å². The van der Waals surface area contributed by atoms with Crippen molar-refractivity contribution < 1.29 is 19.1 Å². The highest BCUT2D eigenvalue weighted by atomic mass is 79.9. The van der Waals surface area contributed by atoms with E-state index in [0.717, 1.165) is 4.47 Å². The van der Waals surface area contributed by atoms with E-state index in [0.29, 0.717) is 18.0 Å². The number of esters is 1. The van der Waals surface area contributed by atoms with Crippen LogP contribution in [0.2, 0.25) is 0 Å². The third kappa shape index (κ3) is 5.83. The molecule has 1 aromatic rings. The first kappa shape index (κ1) is 16.8. The molecule has 0 radical (unpaired) electrons. The Labute approximate surface area is 130 Å². The van der Waals surface area contributed by atoms with E-state index in [1.807, 2.05) is 0 Å². The average Bonchev–Trinajstić information content (AvgIpc) is 2.39. The van der Waals surface area contributed by atoms with E-state index < -0.39 is 0 Å². The SMILES string of the molecule is CCOC(=O)CSCC(=O)Nc1ccc(OC)c(Br)c1. The number of carbonyl (C=O) groups is 2. The summed E-state index contributed by atoms with van der Waals surface area (Å²) < 4.78 is 10.6. The summed E-state index contributed by atoms with van der Waals surface area (Å²) in [6, 6.07) is 5.26. The molecule has 0 spiro atoms. The quantitative estimate of drug-likeness (QED) is 0.756. The van der Waals surface area contributed by atoms with Crippen LogP contribution in [-0.2, 0) is 14.3 Å². The number of amides is 1. The van der Waals surface area contributed by atoms with Gasteiger partial charge >= 0.3 is 5.97 Å². The molecule has 0 saturated carbocycles. The third-order valence-electron chi connectivity index (χ3n) is 2.19. The van der Waals surface area contributed by atoms with Crippen molar-refractivity contribution in [3.8, 4) is 5.75 Å². The van der Waals surface area contributed by atoms with Crippen molar-refractivity contribution in [2.24, 2.45) is 0 Å². The van der Waals surface area contributed by atoms with Crippen LogP contribution in [0.5, 0.6) is 5.75 Å². The number of carbonyl (C=O) groups excluding carboxylic acids is 2. The van der Waals surface area contributed by atoms with E-state index in [-0.39, 0.29) is 23.4 Å². The predicted octanol–water partition coefficient (Wildman–Crippen LogP) is 2.69. The number of anilines is 1. The molecule has 0 heterocycles. The summed E-state index contributed by atoms with van der Waals surface area (Å²) in [4.78, 5) is 22.8. The number of nitrogens with one attached hydrogen (secondary N) is 1. The summed E-state index contributed by atoms with van der Waals surface area (Å²) in [5.41, 5.74) is 0.666. The number of hydrogen-bond donors (Lipinski definition) is 1. The fraction of sp³-hybridized carbons (Fsp3) is 0.385. The van der Waals surface area contributed by atoms with Crippen molar-refractivity contribution >= 4 is 45.3 Å². The summed E-state index contributed by atoms with van der Waals surface area (Å²) in [5.74, 6) is 0.587. The zero-order valence-corrected chi connectivity index (χ0v) is 13.7. The van der Waals surface area contributed by atoms with Gasteiger partial charge in [0.25, 0.3) is 0 Å². The lowest BCUT2D eigenvalue weighted by molar-refractivity contribution is -0.139. The number of thioether (sulfide) groups is 1. The molecule has 20 heavy (non-hydrogen) atoms. The summed E-state index contributed by atoms with van der Waals surface area (Å²) in [6.07, 6.45) is 0. The number of halogens is 1. The fourth-order valence-corrected chi connectivity index (χ4v) is 2.52. The number of benzene rings is 1. The molecular weight excluding hydrogens is 346 g/mol. The van der Waals surface area contributed by atoms with Crippen LogP contribution in [0.4, 0.5) is 5.69 Å². The molecule has 1 rings (SSSR count).